The standard InChI is InChI=1S/C8H11N.C2H3ClO2/c1-7(9)8-5-3-2-4-6-8;3-1-2(4)5/h2-7H,9H2,1H3;1H2,(H,4,5). The smallest absolute Gasteiger partial charge is 0.318 e. The molecule has 0 amide bonds. The average molecular weight is 216 g/mol. The Morgan fingerprint density at radius 1 is 1.50 bits per heavy atom. The summed E-state index contributed by atoms with van der Waals surface area (Å²) in [5, 5.41) is 7.59. The van der Waals surface area contributed by atoms with E-state index in [4.69, 9.17) is 22.4 Å². The maximum Gasteiger partial charge on any atom is 0.318 e. The van der Waals surface area contributed by atoms with Crippen LogP contribution in [0.4, 0.5) is 0 Å². The number of carboxylic acids is 1. The zero-order valence-corrected chi connectivity index (χ0v) is 8.74. The van der Waals surface area contributed by atoms with Gasteiger partial charge in [0, 0.05) is 6.04 Å². The van der Waals surface area contributed by atoms with Crippen molar-refractivity contribution in [3.05, 3.63) is 35.9 Å². The van der Waals surface area contributed by atoms with Crippen LogP contribution in [-0.4, -0.2) is 17.0 Å². The number of halogens is 1. The zero-order valence-electron chi connectivity index (χ0n) is 7.98. The van der Waals surface area contributed by atoms with E-state index in [-0.39, 0.29) is 11.9 Å². The summed E-state index contributed by atoms with van der Waals surface area (Å²) in [4.78, 5) is 9.24. The van der Waals surface area contributed by atoms with Gasteiger partial charge in [0.2, 0.25) is 0 Å². The Balaban J connectivity index is 0.000000292. The fourth-order valence-electron chi connectivity index (χ4n) is 0.757. The number of carboxylic acid groups (broad SMARTS) is 1. The van der Waals surface area contributed by atoms with Crippen LogP contribution >= 0.6 is 11.6 Å². The fraction of sp³-hybridized carbons (Fsp3) is 0.300. The maximum atomic E-state index is 9.24. The van der Waals surface area contributed by atoms with E-state index in [0.717, 1.165) is 0 Å². The van der Waals surface area contributed by atoms with Crippen LogP contribution in [0, 0.1) is 0 Å². The molecule has 0 saturated heterocycles. The van der Waals surface area contributed by atoms with Gasteiger partial charge in [-0.25, -0.2) is 0 Å². The van der Waals surface area contributed by atoms with Gasteiger partial charge in [-0.05, 0) is 12.5 Å². The zero-order chi connectivity index (χ0) is 11.0. The molecule has 1 aromatic rings. The van der Waals surface area contributed by atoms with E-state index in [1.165, 1.54) is 5.56 Å². The maximum absolute atomic E-state index is 9.24. The molecule has 3 nitrogen and oxygen atoms in total. The minimum Gasteiger partial charge on any atom is -0.480 e. The monoisotopic (exact) mass is 215 g/mol. The van der Waals surface area contributed by atoms with Crippen molar-refractivity contribution in [3.63, 3.8) is 0 Å². The van der Waals surface area contributed by atoms with Crippen molar-refractivity contribution in [3.8, 4) is 0 Å². The summed E-state index contributed by atoms with van der Waals surface area (Å²) in [7, 11) is 0. The van der Waals surface area contributed by atoms with Gasteiger partial charge in [0.25, 0.3) is 0 Å². The average Bonchev–Trinajstić information content (AvgIpc) is 2.20. The molecule has 1 unspecified atom stereocenters. The summed E-state index contributed by atoms with van der Waals surface area (Å²) in [6.07, 6.45) is 0. The minimum atomic E-state index is -0.980. The van der Waals surface area contributed by atoms with Gasteiger partial charge in [0.1, 0.15) is 5.88 Å². The summed E-state index contributed by atoms with van der Waals surface area (Å²) < 4.78 is 0. The van der Waals surface area contributed by atoms with Gasteiger partial charge >= 0.3 is 5.97 Å². The molecule has 4 heteroatoms. The third-order valence-corrected chi connectivity index (χ3v) is 1.67. The van der Waals surface area contributed by atoms with Crippen molar-refractivity contribution in [1.29, 1.82) is 0 Å². The van der Waals surface area contributed by atoms with E-state index in [1.54, 1.807) is 0 Å². The number of alkyl halides is 1. The Morgan fingerprint density at radius 3 is 2.14 bits per heavy atom. The van der Waals surface area contributed by atoms with Gasteiger partial charge in [-0.2, -0.15) is 0 Å². The predicted molar refractivity (Wildman–Crippen MR) is 57.4 cm³/mol. The molecule has 0 bridgehead atoms. The molecule has 0 spiro atoms. The molecular weight excluding hydrogens is 202 g/mol. The Morgan fingerprint density at radius 2 is 1.93 bits per heavy atom. The largest absolute Gasteiger partial charge is 0.480 e. The summed E-state index contributed by atoms with van der Waals surface area (Å²) in [6, 6.07) is 10.2. The van der Waals surface area contributed by atoms with Gasteiger partial charge in [-0.3, -0.25) is 4.79 Å². The normalized spacial score (nSPS) is 11.1. The summed E-state index contributed by atoms with van der Waals surface area (Å²) in [6.45, 7) is 1.98. The van der Waals surface area contributed by atoms with Crippen LogP contribution in [0.15, 0.2) is 30.3 Å². The number of carbonyl (C=O) groups is 1. The first kappa shape index (κ1) is 12.9. The van der Waals surface area contributed by atoms with Gasteiger partial charge in [-0.15, -0.1) is 11.6 Å². The number of rotatable bonds is 2. The van der Waals surface area contributed by atoms with Crippen molar-refractivity contribution in [2.24, 2.45) is 5.73 Å². The summed E-state index contributed by atoms with van der Waals surface area (Å²) >= 11 is 4.74. The van der Waals surface area contributed by atoms with E-state index in [0.29, 0.717) is 0 Å². The molecule has 0 aliphatic heterocycles. The first-order chi connectivity index (χ1) is 6.57. The van der Waals surface area contributed by atoms with Gasteiger partial charge in [0.15, 0.2) is 0 Å². The van der Waals surface area contributed by atoms with Crippen LogP contribution in [-0.2, 0) is 4.79 Å². The van der Waals surface area contributed by atoms with Crippen LogP contribution < -0.4 is 5.73 Å². The summed E-state index contributed by atoms with van der Waals surface area (Å²) in [5.74, 6) is -1.29. The molecule has 0 saturated carbocycles. The minimum absolute atomic E-state index is 0.159. The van der Waals surface area contributed by atoms with Crippen molar-refractivity contribution in [2.45, 2.75) is 13.0 Å². The van der Waals surface area contributed by atoms with Crippen LogP contribution in [0.1, 0.15) is 18.5 Å². The molecule has 1 rings (SSSR count). The Kier molecular flexibility index (Phi) is 6.80. The van der Waals surface area contributed by atoms with Crippen LogP contribution in [0.25, 0.3) is 0 Å². The molecule has 0 aliphatic rings. The number of aliphatic carboxylic acids is 1. The second kappa shape index (κ2) is 7.35. The SMILES string of the molecule is CC(N)c1ccccc1.O=C(O)CCl. The van der Waals surface area contributed by atoms with Gasteiger partial charge in [-0.1, -0.05) is 30.3 Å². The molecule has 1 aromatic carbocycles. The molecule has 78 valence electrons. The van der Waals surface area contributed by atoms with Crippen LogP contribution in [0.3, 0.4) is 0 Å². The fourth-order valence-corrected chi connectivity index (χ4v) is 0.757. The number of benzene rings is 1. The van der Waals surface area contributed by atoms with Crippen molar-refractivity contribution >= 4 is 17.6 Å². The highest BCUT2D eigenvalue weighted by Crippen LogP contribution is 2.06. The molecule has 0 heterocycles. The van der Waals surface area contributed by atoms with Crippen molar-refractivity contribution in [2.75, 3.05) is 5.88 Å². The highest BCUT2D eigenvalue weighted by molar-refractivity contribution is 6.26. The lowest BCUT2D eigenvalue weighted by Crippen LogP contribution is -2.03. The van der Waals surface area contributed by atoms with E-state index in [1.807, 2.05) is 37.3 Å². The Labute approximate surface area is 88.5 Å². The third-order valence-electron chi connectivity index (χ3n) is 1.44. The van der Waals surface area contributed by atoms with Gasteiger partial charge < -0.3 is 10.8 Å². The molecule has 1 atom stereocenters. The Bertz CT molecular complexity index is 262. The molecule has 3 N–H and O–H groups in total. The quantitative estimate of drug-likeness (QED) is 0.742. The number of hydrogen-bond acceptors (Lipinski definition) is 2. The second-order valence-electron chi connectivity index (χ2n) is 2.73. The van der Waals surface area contributed by atoms with Gasteiger partial charge in [0.05, 0.1) is 0 Å². The Hall–Kier alpha value is -1.06. The topological polar surface area (TPSA) is 63.3 Å². The second-order valence-corrected chi connectivity index (χ2v) is 2.99. The molecule has 0 radical (unpaired) electrons. The molecule has 0 fully saturated rings. The van der Waals surface area contributed by atoms with Crippen LogP contribution in [0.2, 0.25) is 0 Å². The van der Waals surface area contributed by atoms with Crippen LogP contribution in [0.5, 0.6) is 0 Å². The molecule has 0 aromatic heterocycles. The lowest BCUT2D eigenvalue weighted by atomic mass is 10.1. The molecular formula is C10H14ClNO2. The summed E-state index contributed by atoms with van der Waals surface area (Å²) in [5.41, 5.74) is 6.81. The third kappa shape index (κ3) is 6.46. The van der Waals surface area contributed by atoms with Crippen molar-refractivity contribution < 1.29 is 9.90 Å². The molecule has 14 heavy (non-hydrogen) atoms. The molecule has 0 aliphatic carbocycles. The van der Waals surface area contributed by atoms with E-state index in [2.05, 4.69) is 0 Å². The van der Waals surface area contributed by atoms with E-state index in [9.17, 15) is 4.79 Å². The lowest BCUT2D eigenvalue weighted by Gasteiger charge is -2.02. The first-order valence-corrected chi connectivity index (χ1v) is 4.69. The van der Waals surface area contributed by atoms with E-state index < -0.39 is 5.97 Å². The number of hydrogen-bond donors (Lipinski definition) is 2. The predicted octanol–water partition coefficient (Wildman–Crippen LogP) is 2.02. The van der Waals surface area contributed by atoms with Crippen molar-refractivity contribution in [1.82, 2.24) is 0 Å². The van der Waals surface area contributed by atoms with E-state index >= 15 is 0 Å². The first-order valence-electron chi connectivity index (χ1n) is 4.16. The highest BCUT2D eigenvalue weighted by atomic mass is 35.5. The highest BCUT2D eigenvalue weighted by Gasteiger charge is 1.93. The lowest BCUT2D eigenvalue weighted by molar-refractivity contribution is -0.134. The number of nitrogens with two attached hydrogens (primary N) is 1.